The topological polar surface area (TPSA) is 24.5 Å². The highest BCUT2D eigenvalue weighted by Gasteiger charge is 2.48. The minimum atomic E-state index is 0.286. The van der Waals surface area contributed by atoms with Gasteiger partial charge in [-0.1, -0.05) is 13.8 Å². The van der Waals surface area contributed by atoms with Gasteiger partial charge in [0.1, 0.15) is 0 Å². The van der Waals surface area contributed by atoms with Gasteiger partial charge in [-0.3, -0.25) is 4.90 Å². The fourth-order valence-electron chi connectivity index (χ4n) is 3.01. The summed E-state index contributed by atoms with van der Waals surface area (Å²) in [4.78, 5) is 2.53. The monoisotopic (exact) mass is 254 g/mol. The lowest BCUT2D eigenvalue weighted by Crippen LogP contribution is -2.62. The summed E-state index contributed by atoms with van der Waals surface area (Å²) in [7, 11) is 2.26. The van der Waals surface area contributed by atoms with Crippen LogP contribution in [-0.2, 0) is 4.74 Å². The molecule has 0 spiro atoms. The summed E-state index contributed by atoms with van der Waals surface area (Å²) in [6.07, 6.45) is 4.39. The van der Waals surface area contributed by atoms with Crippen LogP contribution in [0.1, 0.15) is 47.0 Å². The molecular weight excluding hydrogens is 224 g/mol. The van der Waals surface area contributed by atoms with Crippen LogP contribution in [0.25, 0.3) is 0 Å². The summed E-state index contributed by atoms with van der Waals surface area (Å²) < 4.78 is 5.78. The van der Waals surface area contributed by atoms with Crippen LogP contribution in [0.3, 0.4) is 0 Å². The SMILES string of the molecule is CCOC1CC(NCC(C)N(C)C2CC2)C1(C)C. The van der Waals surface area contributed by atoms with E-state index in [2.05, 4.69) is 45.0 Å². The molecule has 2 aliphatic carbocycles. The summed E-state index contributed by atoms with van der Waals surface area (Å²) in [5.74, 6) is 0. The maximum atomic E-state index is 5.78. The molecule has 2 aliphatic rings. The summed E-state index contributed by atoms with van der Waals surface area (Å²) in [5, 5.41) is 3.74. The lowest BCUT2D eigenvalue weighted by molar-refractivity contribution is -0.114. The quantitative estimate of drug-likeness (QED) is 0.754. The number of rotatable bonds is 7. The molecule has 3 unspecified atom stereocenters. The fraction of sp³-hybridized carbons (Fsp3) is 1.00. The molecule has 2 rings (SSSR count). The van der Waals surface area contributed by atoms with Gasteiger partial charge in [0.05, 0.1) is 6.10 Å². The summed E-state index contributed by atoms with van der Waals surface area (Å²) >= 11 is 0. The first kappa shape index (κ1) is 14.3. The van der Waals surface area contributed by atoms with Gasteiger partial charge in [-0.2, -0.15) is 0 Å². The molecule has 3 heteroatoms. The molecule has 106 valence electrons. The van der Waals surface area contributed by atoms with E-state index in [0.717, 1.165) is 19.2 Å². The summed E-state index contributed by atoms with van der Waals surface area (Å²) in [6.45, 7) is 11.0. The highest BCUT2D eigenvalue weighted by Crippen LogP contribution is 2.42. The highest BCUT2D eigenvalue weighted by molar-refractivity contribution is 5.03. The van der Waals surface area contributed by atoms with Crippen molar-refractivity contribution >= 4 is 0 Å². The van der Waals surface area contributed by atoms with Crippen molar-refractivity contribution in [1.29, 1.82) is 0 Å². The molecule has 3 atom stereocenters. The van der Waals surface area contributed by atoms with Gasteiger partial charge in [0, 0.05) is 36.7 Å². The zero-order chi connectivity index (χ0) is 13.3. The van der Waals surface area contributed by atoms with Gasteiger partial charge in [-0.05, 0) is 40.2 Å². The summed E-state index contributed by atoms with van der Waals surface area (Å²) in [6, 6.07) is 2.11. The van der Waals surface area contributed by atoms with Gasteiger partial charge in [-0.15, -0.1) is 0 Å². The Morgan fingerprint density at radius 1 is 1.39 bits per heavy atom. The molecule has 2 saturated carbocycles. The molecule has 0 aromatic carbocycles. The van der Waals surface area contributed by atoms with Crippen molar-refractivity contribution in [3.05, 3.63) is 0 Å². The Morgan fingerprint density at radius 2 is 2.06 bits per heavy atom. The molecule has 0 radical (unpaired) electrons. The zero-order valence-corrected chi connectivity index (χ0v) is 12.7. The standard InChI is InChI=1S/C15H30N2O/c1-6-18-14-9-13(15(14,3)4)16-10-11(2)17(5)12-7-8-12/h11-14,16H,6-10H2,1-5H3. The third-order valence-electron chi connectivity index (χ3n) is 5.02. The molecule has 0 saturated heterocycles. The van der Waals surface area contributed by atoms with Crippen molar-refractivity contribution in [3.63, 3.8) is 0 Å². The van der Waals surface area contributed by atoms with Crippen molar-refractivity contribution in [1.82, 2.24) is 10.2 Å². The maximum absolute atomic E-state index is 5.78. The van der Waals surface area contributed by atoms with E-state index in [1.807, 2.05) is 0 Å². The second kappa shape index (κ2) is 5.48. The lowest BCUT2D eigenvalue weighted by Gasteiger charge is -2.52. The first-order chi connectivity index (χ1) is 8.46. The van der Waals surface area contributed by atoms with Crippen LogP contribution in [-0.4, -0.2) is 49.3 Å². The van der Waals surface area contributed by atoms with Crippen LogP contribution in [0.2, 0.25) is 0 Å². The van der Waals surface area contributed by atoms with Crippen LogP contribution in [0, 0.1) is 5.41 Å². The van der Waals surface area contributed by atoms with E-state index in [-0.39, 0.29) is 5.41 Å². The Kier molecular flexibility index (Phi) is 4.35. The van der Waals surface area contributed by atoms with E-state index < -0.39 is 0 Å². The normalized spacial score (nSPS) is 32.3. The van der Waals surface area contributed by atoms with E-state index in [1.54, 1.807) is 0 Å². The third-order valence-corrected chi connectivity index (χ3v) is 5.02. The molecular formula is C15H30N2O. The van der Waals surface area contributed by atoms with Crippen LogP contribution >= 0.6 is 0 Å². The molecule has 0 aromatic heterocycles. The summed E-state index contributed by atoms with van der Waals surface area (Å²) in [5.41, 5.74) is 0.286. The molecule has 18 heavy (non-hydrogen) atoms. The minimum Gasteiger partial charge on any atom is -0.378 e. The largest absolute Gasteiger partial charge is 0.378 e. The van der Waals surface area contributed by atoms with E-state index in [1.165, 1.54) is 19.3 Å². The molecule has 2 fully saturated rings. The van der Waals surface area contributed by atoms with Crippen molar-refractivity contribution in [2.45, 2.75) is 71.2 Å². The molecule has 3 nitrogen and oxygen atoms in total. The Bertz CT molecular complexity index is 276. The van der Waals surface area contributed by atoms with Gasteiger partial charge < -0.3 is 10.1 Å². The predicted molar refractivity (Wildman–Crippen MR) is 75.8 cm³/mol. The molecule has 0 aromatic rings. The van der Waals surface area contributed by atoms with Crippen LogP contribution in [0.5, 0.6) is 0 Å². The van der Waals surface area contributed by atoms with Crippen molar-refractivity contribution in [2.24, 2.45) is 5.41 Å². The number of hydrogen-bond donors (Lipinski definition) is 1. The number of likely N-dealkylation sites (N-methyl/N-ethyl adjacent to an activating group) is 1. The van der Waals surface area contributed by atoms with Gasteiger partial charge in [0.25, 0.3) is 0 Å². The first-order valence-electron chi connectivity index (χ1n) is 7.53. The third kappa shape index (κ3) is 2.89. The molecule has 0 heterocycles. The van der Waals surface area contributed by atoms with Crippen LogP contribution in [0.4, 0.5) is 0 Å². The molecule has 1 N–H and O–H groups in total. The zero-order valence-electron chi connectivity index (χ0n) is 12.7. The molecule has 0 amide bonds. The number of nitrogens with one attached hydrogen (secondary N) is 1. The maximum Gasteiger partial charge on any atom is 0.0655 e. The Labute approximate surface area is 112 Å². The van der Waals surface area contributed by atoms with Crippen molar-refractivity contribution in [2.75, 3.05) is 20.2 Å². The van der Waals surface area contributed by atoms with E-state index in [4.69, 9.17) is 4.74 Å². The van der Waals surface area contributed by atoms with Crippen LogP contribution in [0.15, 0.2) is 0 Å². The van der Waals surface area contributed by atoms with E-state index in [0.29, 0.717) is 18.2 Å². The smallest absolute Gasteiger partial charge is 0.0655 e. The van der Waals surface area contributed by atoms with E-state index in [9.17, 15) is 0 Å². The Balaban J connectivity index is 1.71. The predicted octanol–water partition coefficient (Wildman–Crippen LogP) is 2.26. The van der Waals surface area contributed by atoms with Gasteiger partial charge >= 0.3 is 0 Å². The Morgan fingerprint density at radius 3 is 2.56 bits per heavy atom. The van der Waals surface area contributed by atoms with Crippen LogP contribution < -0.4 is 5.32 Å². The second-order valence-corrected chi connectivity index (χ2v) is 6.71. The lowest BCUT2D eigenvalue weighted by atomic mass is 9.64. The minimum absolute atomic E-state index is 0.286. The number of nitrogens with zero attached hydrogens (tertiary/aromatic N) is 1. The number of ether oxygens (including phenoxy) is 1. The second-order valence-electron chi connectivity index (χ2n) is 6.71. The van der Waals surface area contributed by atoms with Gasteiger partial charge in [-0.25, -0.2) is 0 Å². The molecule has 0 aliphatic heterocycles. The Hall–Kier alpha value is -0.120. The van der Waals surface area contributed by atoms with Crippen molar-refractivity contribution < 1.29 is 4.74 Å². The first-order valence-corrected chi connectivity index (χ1v) is 7.53. The fourth-order valence-corrected chi connectivity index (χ4v) is 3.01. The average Bonchev–Trinajstić information content (AvgIpc) is 3.15. The highest BCUT2D eigenvalue weighted by atomic mass is 16.5. The van der Waals surface area contributed by atoms with Gasteiger partial charge in [0.15, 0.2) is 0 Å². The number of hydrogen-bond acceptors (Lipinski definition) is 3. The molecule has 0 bridgehead atoms. The van der Waals surface area contributed by atoms with E-state index >= 15 is 0 Å². The average molecular weight is 254 g/mol. The van der Waals surface area contributed by atoms with Crippen molar-refractivity contribution in [3.8, 4) is 0 Å². The van der Waals surface area contributed by atoms with Gasteiger partial charge in [0.2, 0.25) is 0 Å².